The van der Waals surface area contributed by atoms with Crippen LogP contribution in [0.5, 0.6) is 0 Å². The van der Waals surface area contributed by atoms with Crippen LogP contribution in [0.2, 0.25) is 0 Å². The number of ether oxygens (including phenoxy) is 1. The Labute approximate surface area is 112 Å². The number of hydrogen-bond acceptors (Lipinski definition) is 3. The molecule has 3 atom stereocenters. The molecule has 1 aromatic rings. The summed E-state index contributed by atoms with van der Waals surface area (Å²) < 4.78 is 18.6. The van der Waals surface area contributed by atoms with Gasteiger partial charge >= 0.3 is 0 Å². The van der Waals surface area contributed by atoms with E-state index in [4.69, 9.17) is 4.74 Å². The lowest BCUT2D eigenvalue weighted by atomic mass is 10.1. The maximum atomic E-state index is 13.1. The molecule has 0 aromatic heterocycles. The lowest BCUT2D eigenvalue weighted by Crippen LogP contribution is -2.30. The van der Waals surface area contributed by atoms with E-state index in [0.29, 0.717) is 25.5 Å². The number of aliphatic imine (C=N–C) groups is 1. The largest absolute Gasteiger partial charge is 0.477 e. The van der Waals surface area contributed by atoms with Crippen molar-refractivity contribution in [2.75, 3.05) is 13.2 Å². The van der Waals surface area contributed by atoms with Crippen molar-refractivity contribution in [3.05, 3.63) is 35.9 Å². The number of nitrogens with zero attached hydrogens (tertiary/aromatic N) is 1. The molecule has 0 saturated carbocycles. The van der Waals surface area contributed by atoms with Gasteiger partial charge in [-0.1, -0.05) is 30.3 Å². The van der Waals surface area contributed by atoms with E-state index < -0.39 is 6.17 Å². The lowest BCUT2D eigenvalue weighted by molar-refractivity contribution is 0.301. The Bertz CT molecular complexity index is 426. The molecule has 2 heterocycles. The van der Waals surface area contributed by atoms with Gasteiger partial charge in [-0.2, -0.15) is 0 Å². The highest BCUT2D eigenvalue weighted by Gasteiger charge is 2.32. The molecule has 3 nitrogen and oxygen atoms in total. The quantitative estimate of drug-likeness (QED) is 0.895. The molecule has 3 rings (SSSR count). The smallest absolute Gasteiger partial charge is 0.201 e. The molecule has 1 fully saturated rings. The fourth-order valence-electron chi connectivity index (χ4n) is 2.31. The van der Waals surface area contributed by atoms with E-state index in [2.05, 4.69) is 10.3 Å². The first-order valence-electron chi connectivity index (χ1n) is 5.96. The highest BCUT2D eigenvalue weighted by atomic mass is 35.5. The molecule has 1 N–H and O–H groups in total. The molecule has 2 aliphatic rings. The van der Waals surface area contributed by atoms with Gasteiger partial charge in [-0.15, -0.1) is 12.4 Å². The standard InChI is InChI=1S/C13H15FN2O.ClH/c14-10-6-11(15-7-10)13-16-12(8-17-13)9-4-2-1-3-5-9;/h1-5,10-12,15H,6-8H2;1H/t10-,11-,12+;/m0./s1. The molecule has 5 heteroatoms. The van der Waals surface area contributed by atoms with Gasteiger partial charge < -0.3 is 10.1 Å². The summed E-state index contributed by atoms with van der Waals surface area (Å²) in [6, 6.07) is 10.1. The zero-order valence-electron chi connectivity index (χ0n) is 9.88. The highest BCUT2D eigenvalue weighted by molar-refractivity contribution is 5.85. The lowest BCUT2D eigenvalue weighted by Gasteiger charge is -2.08. The van der Waals surface area contributed by atoms with Gasteiger partial charge in [0.05, 0.1) is 6.04 Å². The van der Waals surface area contributed by atoms with Gasteiger partial charge in [0.1, 0.15) is 18.8 Å². The van der Waals surface area contributed by atoms with Gasteiger partial charge in [0.2, 0.25) is 5.90 Å². The van der Waals surface area contributed by atoms with E-state index in [1.807, 2.05) is 30.3 Å². The summed E-state index contributed by atoms with van der Waals surface area (Å²) in [6.45, 7) is 0.970. The van der Waals surface area contributed by atoms with Crippen molar-refractivity contribution < 1.29 is 9.13 Å². The van der Waals surface area contributed by atoms with Gasteiger partial charge in [-0.3, -0.25) is 0 Å². The zero-order chi connectivity index (χ0) is 11.7. The minimum atomic E-state index is -0.776. The molecule has 1 aromatic carbocycles. The van der Waals surface area contributed by atoms with Crippen LogP contribution in [0.4, 0.5) is 4.39 Å². The topological polar surface area (TPSA) is 33.6 Å². The molecule has 1 saturated heterocycles. The number of benzene rings is 1. The van der Waals surface area contributed by atoms with Crippen molar-refractivity contribution in [1.29, 1.82) is 0 Å². The van der Waals surface area contributed by atoms with Crippen LogP contribution >= 0.6 is 12.4 Å². The van der Waals surface area contributed by atoms with Crippen LogP contribution in [0, 0.1) is 0 Å². The van der Waals surface area contributed by atoms with Crippen LogP contribution in [0.1, 0.15) is 18.0 Å². The van der Waals surface area contributed by atoms with Gasteiger partial charge in [0.25, 0.3) is 0 Å². The number of alkyl halides is 1. The average molecular weight is 271 g/mol. The molecular formula is C13H16ClFN2O. The average Bonchev–Trinajstić information content (AvgIpc) is 2.98. The number of hydrogen-bond donors (Lipinski definition) is 1. The van der Waals surface area contributed by atoms with Crippen LogP contribution < -0.4 is 5.32 Å². The first kappa shape index (κ1) is 13.3. The van der Waals surface area contributed by atoms with Crippen LogP contribution in [-0.2, 0) is 4.74 Å². The molecule has 0 aliphatic carbocycles. The second kappa shape index (κ2) is 5.67. The second-order valence-electron chi connectivity index (χ2n) is 4.50. The second-order valence-corrected chi connectivity index (χ2v) is 4.50. The predicted octanol–water partition coefficient (Wildman–Crippen LogP) is 2.28. The third kappa shape index (κ3) is 2.65. The SMILES string of the molecule is Cl.F[C@@H]1CN[C@H](C2=N[C@@H](c3ccccc3)CO2)C1. The molecule has 2 aliphatic heterocycles. The van der Waals surface area contributed by atoms with Crippen LogP contribution in [0.25, 0.3) is 0 Å². The van der Waals surface area contributed by atoms with E-state index in [9.17, 15) is 4.39 Å². The van der Waals surface area contributed by atoms with Gasteiger partial charge in [0, 0.05) is 13.0 Å². The Morgan fingerprint density at radius 2 is 2.06 bits per heavy atom. The Kier molecular flexibility index (Phi) is 4.19. The predicted molar refractivity (Wildman–Crippen MR) is 71.1 cm³/mol. The Hall–Kier alpha value is -1.13. The Morgan fingerprint density at radius 1 is 1.28 bits per heavy atom. The van der Waals surface area contributed by atoms with E-state index in [0.717, 1.165) is 5.56 Å². The molecule has 0 bridgehead atoms. The zero-order valence-corrected chi connectivity index (χ0v) is 10.7. The van der Waals surface area contributed by atoms with E-state index in [1.165, 1.54) is 0 Å². The van der Waals surface area contributed by atoms with Crippen molar-refractivity contribution in [1.82, 2.24) is 5.32 Å². The van der Waals surface area contributed by atoms with Crippen LogP contribution in [0.3, 0.4) is 0 Å². The Morgan fingerprint density at radius 3 is 2.72 bits per heavy atom. The summed E-state index contributed by atoms with van der Waals surface area (Å²) >= 11 is 0. The number of nitrogens with one attached hydrogen (secondary N) is 1. The Balaban J connectivity index is 0.00000120. The third-order valence-electron chi connectivity index (χ3n) is 3.23. The fourth-order valence-corrected chi connectivity index (χ4v) is 2.31. The maximum Gasteiger partial charge on any atom is 0.201 e. The van der Waals surface area contributed by atoms with Gasteiger partial charge in [0.15, 0.2) is 0 Å². The summed E-state index contributed by atoms with van der Waals surface area (Å²) in [4.78, 5) is 4.54. The molecule has 0 radical (unpaired) electrons. The van der Waals surface area contributed by atoms with Crippen molar-refractivity contribution in [2.24, 2.45) is 4.99 Å². The van der Waals surface area contributed by atoms with E-state index in [1.54, 1.807) is 0 Å². The van der Waals surface area contributed by atoms with Crippen LogP contribution in [0.15, 0.2) is 35.3 Å². The first-order valence-corrected chi connectivity index (χ1v) is 5.96. The van der Waals surface area contributed by atoms with E-state index >= 15 is 0 Å². The summed E-state index contributed by atoms with van der Waals surface area (Å²) in [6.07, 6.45) is -0.303. The summed E-state index contributed by atoms with van der Waals surface area (Å²) in [5.74, 6) is 0.666. The minimum Gasteiger partial charge on any atom is -0.477 e. The van der Waals surface area contributed by atoms with Crippen molar-refractivity contribution in [3.63, 3.8) is 0 Å². The maximum absolute atomic E-state index is 13.1. The molecule has 0 amide bonds. The number of rotatable bonds is 2. The molecule has 0 unspecified atom stereocenters. The summed E-state index contributed by atoms with van der Waals surface area (Å²) in [7, 11) is 0. The first-order chi connectivity index (χ1) is 8.33. The summed E-state index contributed by atoms with van der Waals surface area (Å²) in [5.41, 5.74) is 1.15. The molecule has 0 spiro atoms. The van der Waals surface area contributed by atoms with Gasteiger partial charge in [-0.25, -0.2) is 9.38 Å². The molecule has 18 heavy (non-hydrogen) atoms. The minimum absolute atomic E-state index is 0. The van der Waals surface area contributed by atoms with E-state index in [-0.39, 0.29) is 24.5 Å². The fraction of sp³-hybridized carbons (Fsp3) is 0.462. The van der Waals surface area contributed by atoms with Crippen molar-refractivity contribution >= 4 is 18.3 Å². The molecule has 98 valence electrons. The highest BCUT2D eigenvalue weighted by Crippen LogP contribution is 2.25. The van der Waals surface area contributed by atoms with Gasteiger partial charge in [-0.05, 0) is 5.56 Å². The third-order valence-corrected chi connectivity index (χ3v) is 3.23. The van der Waals surface area contributed by atoms with Crippen LogP contribution in [-0.4, -0.2) is 31.3 Å². The summed E-state index contributed by atoms with van der Waals surface area (Å²) in [5, 5.41) is 3.09. The molecular weight excluding hydrogens is 255 g/mol. The number of halogens is 2. The monoisotopic (exact) mass is 270 g/mol. The van der Waals surface area contributed by atoms with Crippen molar-refractivity contribution in [2.45, 2.75) is 24.7 Å². The normalized spacial score (nSPS) is 30.5. The van der Waals surface area contributed by atoms with Crippen molar-refractivity contribution in [3.8, 4) is 0 Å².